The number of ether oxygens (including phenoxy) is 1. The molecule has 1 aliphatic heterocycles. The van der Waals surface area contributed by atoms with Gasteiger partial charge in [0.1, 0.15) is 5.75 Å². The molecule has 4 nitrogen and oxygen atoms in total. The topological polar surface area (TPSA) is 50.4 Å². The van der Waals surface area contributed by atoms with Crippen LogP contribution in [0.4, 0.5) is 5.69 Å². The summed E-state index contributed by atoms with van der Waals surface area (Å²) in [4.78, 5) is 11.6. The van der Waals surface area contributed by atoms with Crippen LogP contribution in [0, 0.1) is 5.92 Å². The molecule has 1 saturated carbocycles. The van der Waals surface area contributed by atoms with E-state index in [1.807, 2.05) is 6.07 Å². The summed E-state index contributed by atoms with van der Waals surface area (Å²) in [6.45, 7) is 1.15. The molecule has 0 spiro atoms. The molecule has 2 aliphatic rings. The Morgan fingerprint density at radius 2 is 2.16 bits per heavy atom. The van der Waals surface area contributed by atoms with Crippen molar-refractivity contribution in [3.8, 4) is 5.75 Å². The van der Waals surface area contributed by atoms with Crippen LogP contribution in [0.1, 0.15) is 36.0 Å². The fourth-order valence-electron chi connectivity index (χ4n) is 2.73. The summed E-state index contributed by atoms with van der Waals surface area (Å²) < 4.78 is 5.43. The Hall–Kier alpha value is -1.42. The third-order valence-corrected chi connectivity index (χ3v) is 4.14. The summed E-state index contributed by atoms with van der Waals surface area (Å²) in [5.41, 5.74) is 1.35. The smallest absolute Gasteiger partial charge is 0.257 e. The normalized spacial score (nSPS) is 18.7. The molecule has 0 saturated heterocycles. The number of benzene rings is 1. The Kier molecular flexibility index (Phi) is 3.51. The second kappa shape index (κ2) is 5.29. The first-order chi connectivity index (χ1) is 9.24. The number of carbonyl (C=O) groups is 1. The van der Waals surface area contributed by atoms with Crippen molar-refractivity contribution >= 4 is 23.2 Å². The number of rotatable bonds is 3. The first-order valence-corrected chi connectivity index (χ1v) is 7.10. The van der Waals surface area contributed by atoms with Gasteiger partial charge >= 0.3 is 0 Å². The predicted molar refractivity (Wildman–Crippen MR) is 74.9 cm³/mol. The molecule has 102 valence electrons. The Labute approximate surface area is 117 Å². The molecule has 1 aromatic carbocycles. The lowest BCUT2D eigenvalue weighted by Crippen LogP contribution is -2.33. The number of fused-ring (bicyclic) bond motifs is 1. The molecule has 1 fully saturated rings. The third-order valence-electron chi connectivity index (χ3n) is 3.83. The van der Waals surface area contributed by atoms with Gasteiger partial charge in [-0.3, -0.25) is 4.79 Å². The number of amides is 1. The molecule has 0 aromatic heterocycles. The molecule has 1 amide bonds. The van der Waals surface area contributed by atoms with Gasteiger partial charge in [-0.1, -0.05) is 24.4 Å². The average Bonchev–Trinajstić information content (AvgIpc) is 2.91. The van der Waals surface area contributed by atoms with Crippen LogP contribution in [0.25, 0.3) is 0 Å². The van der Waals surface area contributed by atoms with Gasteiger partial charge in [-0.25, -0.2) is 0 Å². The lowest BCUT2D eigenvalue weighted by Gasteiger charge is -2.20. The van der Waals surface area contributed by atoms with Crippen molar-refractivity contribution in [2.45, 2.75) is 25.7 Å². The maximum atomic E-state index is 11.6. The summed E-state index contributed by atoms with van der Waals surface area (Å²) >= 11 is 6.21. The number of hydrogen-bond donors (Lipinski definition) is 2. The highest BCUT2D eigenvalue weighted by Crippen LogP contribution is 2.33. The molecule has 0 unspecified atom stereocenters. The summed E-state index contributed by atoms with van der Waals surface area (Å²) in [7, 11) is 0. The highest BCUT2D eigenvalue weighted by Gasteiger charge is 2.21. The van der Waals surface area contributed by atoms with Crippen LogP contribution in [-0.4, -0.2) is 19.2 Å². The summed E-state index contributed by atoms with van der Waals surface area (Å²) in [6.07, 6.45) is 5.23. The van der Waals surface area contributed by atoms with E-state index in [1.165, 1.54) is 25.7 Å². The van der Waals surface area contributed by atoms with E-state index in [0.29, 0.717) is 16.3 Å². The highest BCUT2D eigenvalue weighted by molar-refractivity contribution is 6.33. The van der Waals surface area contributed by atoms with Crippen molar-refractivity contribution in [2.24, 2.45) is 5.92 Å². The van der Waals surface area contributed by atoms with Crippen molar-refractivity contribution in [3.05, 3.63) is 22.7 Å². The second-order valence-corrected chi connectivity index (χ2v) is 5.56. The van der Waals surface area contributed by atoms with E-state index in [1.54, 1.807) is 6.07 Å². The summed E-state index contributed by atoms with van der Waals surface area (Å²) in [5, 5.41) is 6.56. The molecule has 0 radical (unpaired) electrons. The van der Waals surface area contributed by atoms with Gasteiger partial charge in [-0.2, -0.15) is 0 Å². The van der Waals surface area contributed by atoms with Gasteiger partial charge in [0.2, 0.25) is 0 Å². The minimum absolute atomic E-state index is 0.134. The van der Waals surface area contributed by atoms with Crippen molar-refractivity contribution in [2.75, 3.05) is 18.6 Å². The molecular formula is C14H17ClN2O2. The monoisotopic (exact) mass is 280 g/mol. The number of carbonyl (C=O) groups excluding carboxylic acids is 1. The first-order valence-electron chi connectivity index (χ1n) is 6.72. The second-order valence-electron chi connectivity index (χ2n) is 5.15. The highest BCUT2D eigenvalue weighted by atomic mass is 35.5. The number of halogens is 1. The standard InChI is InChI=1S/C14H17ClN2O2/c15-11-5-10-13(19-8-17-14(10)18)6-12(11)16-7-9-3-1-2-4-9/h5-6,9,16H,1-4,7-8H2,(H,17,18). The molecule has 0 bridgehead atoms. The van der Waals surface area contributed by atoms with Gasteiger partial charge in [0.15, 0.2) is 6.73 Å². The fraction of sp³-hybridized carbons (Fsp3) is 0.500. The minimum atomic E-state index is -0.134. The first kappa shape index (κ1) is 12.6. The molecular weight excluding hydrogens is 264 g/mol. The SMILES string of the molecule is O=C1NCOc2cc(NCC3CCCC3)c(Cl)cc21. The van der Waals surface area contributed by atoms with Crippen LogP contribution < -0.4 is 15.4 Å². The lowest BCUT2D eigenvalue weighted by molar-refractivity contribution is 0.0883. The number of hydrogen-bond acceptors (Lipinski definition) is 3. The van der Waals surface area contributed by atoms with Crippen molar-refractivity contribution in [3.63, 3.8) is 0 Å². The molecule has 1 aliphatic carbocycles. The zero-order valence-electron chi connectivity index (χ0n) is 10.7. The van der Waals surface area contributed by atoms with Gasteiger partial charge in [0.25, 0.3) is 5.91 Å². The van der Waals surface area contributed by atoms with Crippen molar-refractivity contribution < 1.29 is 9.53 Å². The minimum Gasteiger partial charge on any atom is -0.472 e. The summed E-state index contributed by atoms with van der Waals surface area (Å²) in [5.74, 6) is 1.20. The van der Waals surface area contributed by atoms with Gasteiger partial charge in [-0.15, -0.1) is 0 Å². The van der Waals surface area contributed by atoms with E-state index >= 15 is 0 Å². The Balaban J connectivity index is 1.76. The molecule has 3 rings (SSSR count). The van der Waals surface area contributed by atoms with Gasteiger partial charge in [0.05, 0.1) is 16.3 Å². The Morgan fingerprint density at radius 1 is 1.37 bits per heavy atom. The van der Waals surface area contributed by atoms with E-state index in [-0.39, 0.29) is 12.6 Å². The molecule has 2 N–H and O–H groups in total. The molecule has 1 heterocycles. The zero-order chi connectivity index (χ0) is 13.2. The number of anilines is 1. The van der Waals surface area contributed by atoms with Crippen LogP contribution in [0.15, 0.2) is 12.1 Å². The van der Waals surface area contributed by atoms with Crippen LogP contribution >= 0.6 is 11.6 Å². The Morgan fingerprint density at radius 3 is 2.95 bits per heavy atom. The quantitative estimate of drug-likeness (QED) is 0.895. The molecule has 5 heteroatoms. The Bertz CT molecular complexity index is 498. The third kappa shape index (κ3) is 2.63. The zero-order valence-corrected chi connectivity index (χ0v) is 11.4. The van der Waals surface area contributed by atoms with Crippen LogP contribution in [-0.2, 0) is 0 Å². The maximum absolute atomic E-state index is 11.6. The van der Waals surface area contributed by atoms with Crippen molar-refractivity contribution in [1.29, 1.82) is 0 Å². The summed E-state index contributed by atoms with van der Waals surface area (Å²) in [6, 6.07) is 3.49. The predicted octanol–water partition coefficient (Wildman–Crippen LogP) is 3.02. The fourth-order valence-corrected chi connectivity index (χ4v) is 2.96. The largest absolute Gasteiger partial charge is 0.472 e. The van der Waals surface area contributed by atoms with E-state index in [4.69, 9.17) is 16.3 Å². The van der Waals surface area contributed by atoms with E-state index in [2.05, 4.69) is 10.6 Å². The van der Waals surface area contributed by atoms with Gasteiger partial charge < -0.3 is 15.4 Å². The molecule has 0 atom stereocenters. The van der Waals surface area contributed by atoms with Crippen LogP contribution in [0.3, 0.4) is 0 Å². The molecule has 19 heavy (non-hydrogen) atoms. The van der Waals surface area contributed by atoms with E-state index < -0.39 is 0 Å². The van der Waals surface area contributed by atoms with Gasteiger partial charge in [-0.05, 0) is 24.8 Å². The van der Waals surface area contributed by atoms with Crippen LogP contribution in [0.2, 0.25) is 5.02 Å². The molecule has 1 aromatic rings. The van der Waals surface area contributed by atoms with E-state index in [0.717, 1.165) is 18.2 Å². The van der Waals surface area contributed by atoms with E-state index in [9.17, 15) is 4.79 Å². The van der Waals surface area contributed by atoms with Crippen LogP contribution in [0.5, 0.6) is 5.75 Å². The van der Waals surface area contributed by atoms with Crippen molar-refractivity contribution in [1.82, 2.24) is 5.32 Å². The van der Waals surface area contributed by atoms with Gasteiger partial charge in [0, 0.05) is 12.6 Å². The number of nitrogens with one attached hydrogen (secondary N) is 2. The maximum Gasteiger partial charge on any atom is 0.257 e. The average molecular weight is 281 g/mol. The lowest BCUT2D eigenvalue weighted by atomic mass is 10.1.